The minimum Gasteiger partial charge on any atom is -0.301 e. The fourth-order valence-electron chi connectivity index (χ4n) is 0.940. The number of aliphatic imine (C=N–C) groups is 1. The predicted octanol–water partition coefficient (Wildman–Crippen LogP) is 2.37. The van der Waals surface area contributed by atoms with E-state index in [0.717, 1.165) is 5.92 Å². The zero-order valence-corrected chi connectivity index (χ0v) is 6.89. The maximum Gasteiger partial charge on any atom is 0.0273 e. The maximum absolute atomic E-state index is 4.00. The Morgan fingerprint density at radius 3 is 2.11 bits per heavy atom. The lowest BCUT2D eigenvalue weighted by atomic mass is 9.95. The lowest BCUT2D eigenvalue weighted by Crippen LogP contribution is -2.08. The number of nitrogens with zero attached hydrogens (tertiary/aromatic N) is 1. The highest BCUT2D eigenvalue weighted by Crippen LogP contribution is 2.11. The van der Waals surface area contributed by atoms with Crippen LogP contribution in [-0.4, -0.2) is 13.3 Å². The first-order chi connectivity index (χ1) is 4.22. The molecule has 1 atom stereocenters. The van der Waals surface area contributed by atoms with Gasteiger partial charge >= 0.3 is 0 Å². The summed E-state index contributed by atoms with van der Waals surface area (Å²) in [6.07, 6.45) is 3.25. The van der Waals surface area contributed by atoms with Crippen LogP contribution >= 0.6 is 0 Å². The second-order valence-electron chi connectivity index (χ2n) is 2.72. The summed E-state index contributed by atoms with van der Waals surface area (Å²) in [7, 11) is 1.84. The van der Waals surface area contributed by atoms with Crippen molar-refractivity contribution in [3.63, 3.8) is 0 Å². The van der Waals surface area contributed by atoms with Crippen molar-refractivity contribution in [1.29, 1.82) is 0 Å². The Labute approximate surface area is 58.2 Å². The molecule has 0 radical (unpaired) electrons. The summed E-state index contributed by atoms with van der Waals surface area (Å²) < 4.78 is 0. The predicted molar refractivity (Wildman–Crippen MR) is 43.0 cm³/mol. The standard InChI is InChI=1S/C8H17N/c1-5-8(6-9-4)7(2)3/h6-8H,5H2,1-4H3. The molecule has 0 N–H and O–H groups in total. The van der Waals surface area contributed by atoms with Gasteiger partial charge in [0.25, 0.3) is 0 Å². The second kappa shape index (κ2) is 4.54. The van der Waals surface area contributed by atoms with Gasteiger partial charge < -0.3 is 4.99 Å². The molecule has 1 heteroatoms. The number of hydrogen-bond acceptors (Lipinski definition) is 1. The van der Waals surface area contributed by atoms with Crippen molar-refractivity contribution < 1.29 is 0 Å². The Morgan fingerprint density at radius 2 is 2.00 bits per heavy atom. The average Bonchev–Trinajstić information content (AvgIpc) is 1.82. The number of rotatable bonds is 3. The van der Waals surface area contributed by atoms with Crippen LogP contribution in [0.15, 0.2) is 4.99 Å². The molecule has 54 valence electrons. The van der Waals surface area contributed by atoms with E-state index in [1.54, 1.807) is 0 Å². The minimum absolute atomic E-state index is 0.676. The smallest absolute Gasteiger partial charge is 0.0273 e. The van der Waals surface area contributed by atoms with Crippen molar-refractivity contribution in [2.45, 2.75) is 27.2 Å². The molecule has 0 aromatic heterocycles. The molecule has 0 aromatic rings. The van der Waals surface area contributed by atoms with E-state index in [9.17, 15) is 0 Å². The largest absolute Gasteiger partial charge is 0.301 e. The molecule has 0 heterocycles. The average molecular weight is 127 g/mol. The van der Waals surface area contributed by atoms with Gasteiger partial charge in [-0.2, -0.15) is 0 Å². The molecular formula is C8H17N. The van der Waals surface area contributed by atoms with Gasteiger partial charge in [-0.1, -0.05) is 20.8 Å². The van der Waals surface area contributed by atoms with Crippen LogP contribution in [0.2, 0.25) is 0 Å². The lowest BCUT2D eigenvalue weighted by molar-refractivity contribution is 0.488. The third-order valence-corrected chi connectivity index (χ3v) is 1.67. The zero-order valence-electron chi connectivity index (χ0n) is 6.89. The van der Waals surface area contributed by atoms with Crippen LogP contribution in [0.25, 0.3) is 0 Å². The van der Waals surface area contributed by atoms with Gasteiger partial charge in [0.2, 0.25) is 0 Å². The van der Waals surface area contributed by atoms with E-state index in [1.807, 2.05) is 13.3 Å². The highest BCUT2D eigenvalue weighted by molar-refractivity contribution is 5.60. The SMILES string of the molecule is CCC(C=NC)C(C)C. The molecule has 0 aliphatic heterocycles. The van der Waals surface area contributed by atoms with E-state index in [4.69, 9.17) is 0 Å². The summed E-state index contributed by atoms with van der Waals surface area (Å²) in [6, 6.07) is 0. The van der Waals surface area contributed by atoms with Crippen molar-refractivity contribution in [3.8, 4) is 0 Å². The van der Waals surface area contributed by atoms with Gasteiger partial charge in [-0.15, -0.1) is 0 Å². The third kappa shape index (κ3) is 3.28. The molecule has 0 saturated heterocycles. The van der Waals surface area contributed by atoms with Gasteiger partial charge in [-0.3, -0.25) is 0 Å². The minimum atomic E-state index is 0.676. The first-order valence-corrected chi connectivity index (χ1v) is 3.64. The molecule has 0 aromatic carbocycles. The fraction of sp³-hybridized carbons (Fsp3) is 0.875. The van der Waals surface area contributed by atoms with Crippen LogP contribution in [0.3, 0.4) is 0 Å². The normalized spacial score (nSPS) is 15.2. The van der Waals surface area contributed by atoms with E-state index in [1.165, 1.54) is 6.42 Å². The Hall–Kier alpha value is -0.330. The quantitative estimate of drug-likeness (QED) is 0.516. The maximum atomic E-state index is 4.00. The number of hydrogen-bond donors (Lipinski definition) is 0. The van der Waals surface area contributed by atoms with Crippen LogP contribution in [0.4, 0.5) is 0 Å². The molecule has 0 bridgehead atoms. The van der Waals surface area contributed by atoms with Gasteiger partial charge in [0.1, 0.15) is 0 Å². The molecule has 0 aliphatic carbocycles. The van der Waals surface area contributed by atoms with E-state index >= 15 is 0 Å². The molecule has 0 saturated carbocycles. The summed E-state index contributed by atoms with van der Waals surface area (Å²) in [6.45, 7) is 6.66. The monoisotopic (exact) mass is 127 g/mol. The molecule has 1 unspecified atom stereocenters. The zero-order chi connectivity index (χ0) is 7.28. The van der Waals surface area contributed by atoms with Gasteiger partial charge in [0.15, 0.2) is 0 Å². The molecule has 0 spiro atoms. The lowest BCUT2D eigenvalue weighted by Gasteiger charge is -2.11. The van der Waals surface area contributed by atoms with E-state index in [2.05, 4.69) is 25.8 Å². The molecular weight excluding hydrogens is 110 g/mol. The highest BCUT2D eigenvalue weighted by Gasteiger charge is 2.05. The second-order valence-corrected chi connectivity index (χ2v) is 2.72. The summed E-state index contributed by atoms with van der Waals surface area (Å²) >= 11 is 0. The first kappa shape index (κ1) is 8.67. The van der Waals surface area contributed by atoms with Gasteiger partial charge in [-0.05, 0) is 18.3 Å². The Balaban J connectivity index is 3.68. The van der Waals surface area contributed by atoms with Crippen molar-refractivity contribution >= 4 is 6.21 Å². The van der Waals surface area contributed by atoms with Crippen LogP contribution < -0.4 is 0 Å². The third-order valence-electron chi connectivity index (χ3n) is 1.67. The Kier molecular flexibility index (Phi) is 4.37. The summed E-state index contributed by atoms with van der Waals surface area (Å²) in [5, 5.41) is 0. The first-order valence-electron chi connectivity index (χ1n) is 3.64. The summed E-state index contributed by atoms with van der Waals surface area (Å²) in [4.78, 5) is 4.00. The molecule has 9 heavy (non-hydrogen) atoms. The van der Waals surface area contributed by atoms with Crippen molar-refractivity contribution in [3.05, 3.63) is 0 Å². The molecule has 0 rings (SSSR count). The van der Waals surface area contributed by atoms with Gasteiger partial charge in [-0.25, -0.2) is 0 Å². The van der Waals surface area contributed by atoms with Crippen LogP contribution in [-0.2, 0) is 0 Å². The van der Waals surface area contributed by atoms with Crippen molar-refractivity contribution in [2.24, 2.45) is 16.8 Å². The molecule has 0 amide bonds. The molecule has 0 aliphatic rings. The highest BCUT2D eigenvalue weighted by atomic mass is 14.6. The van der Waals surface area contributed by atoms with Crippen molar-refractivity contribution in [1.82, 2.24) is 0 Å². The van der Waals surface area contributed by atoms with Crippen LogP contribution in [0, 0.1) is 11.8 Å². The molecule has 0 fully saturated rings. The van der Waals surface area contributed by atoms with Crippen LogP contribution in [0.1, 0.15) is 27.2 Å². The summed E-state index contributed by atoms with van der Waals surface area (Å²) in [5.74, 6) is 1.41. The Morgan fingerprint density at radius 1 is 1.44 bits per heavy atom. The van der Waals surface area contributed by atoms with E-state index < -0.39 is 0 Å². The van der Waals surface area contributed by atoms with Crippen LogP contribution in [0.5, 0.6) is 0 Å². The Bertz CT molecular complexity index is 84.6. The summed E-state index contributed by atoms with van der Waals surface area (Å²) in [5.41, 5.74) is 0. The van der Waals surface area contributed by atoms with E-state index in [-0.39, 0.29) is 0 Å². The topological polar surface area (TPSA) is 12.4 Å². The fourth-order valence-corrected chi connectivity index (χ4v) is 0.940. The van der Waals surface area contributed by atoms with E-state index in [0.29, 0.717) is 5.92 Å². The van der Waals surface area contributed by atoms with Crippen molar-refractivity contribution in [2.75, 3.05) is 7.05 Å². The molecule has 1 nitrogen and oxygen atoms in total. The van der Waals surface area contributed by atoms with Gasteiger partial charge in [0.05, 0.1) is 0 Å². The van der Waals surface area contributed by atoms with Gasteiger partial charge in [0, 0.05) is 13.3 Å².